The average molecular weight is 232 g/mol. The molecule has 0 radical (unpaired) electrons. The van der Waals surface area contributed by atoms with Gasteiger partial charge in [-0.25, -0.2) is 13.1 Å². The van der Waals surface area contributed by atoms with E-state index >= 15 is 0 Å². The zero-order valence-corrected chi connectivity index (χ0v) is 9.85. The van der Waals surface area contributed by atoms with Crippen molar-refractivity contribution in [3.63, 3.8) is 0 Å². The molecule has 0 aromatic carbocycles. The Morgan fingerprint density at radius 1 is 1.13 bits per heavy atom. The molecular formula is C10H20N2O2S. The van der Waals surface area contributed by atoms with Crippen LogP contribution in [-0.2, 0) is 10.0 Å². The van der Waals surface area contributed by atoms with Gasteiger partial charge in [0.25, 0.3) is 0 Å². The fourth-order valence-electron chi connectivity index (χ4n) is 2.04. The first-order chi connectivity index (χ1) is 7.18. The average Bonchev–Trinajstić information content (AvgIpc) is 3.03. The van der Waals surface area contributed by atoms with Crippen molar-refractivity contribution in [1.29, 1.82) is 0 Å². The van der Waals surface area contributed by atoms with Gasteiger partial charge in [0.05, 0.1) is 5.25 Å². The molecule has 2 rings (SSSR count). The minimum Gasteiger partial charge on any atom is -0.317 e. The summed E-state index contributed by atoms with van der Waals surface area (Å²) >= 11 is 0. The number of sulfonamides is 1. The highest BCUT2D eigenvalue weighted by Gasteiger charge is 2.27. The molecule has 0 bridgehead atoms. The van der Waals surface area contributed by atoms with E-state index in [4.69, 9.17) is 0 Å². The quantitative estimate of drug-likeness (QED) is 0.724. The molecule has 1 heterocycles. The SMILES string of the molecule is O=S(=O)(NCCC1CC1)C1CCNCC1. The van der Waals surface area contributed by atoms with Crippen LogP contribution in [0.1, 0.15) is 32.1 Å². The van der Waals surface area contributed by atoms with Crippen LogP contribution in [0.3, 0.4) is 0 Å². The van der Waals surface area contributed by atoms with E-state index in [9.17, 15) is 8.42 Å². The lowest BCUT2D eigenvalue weighted by atomic mass is 10.2. The molecule has 0 atom stereocenters. The molecule has 2 aliphatic rings. The maximum absolute atomic E-state index is 11.8. The molecule has 4 nitrogen and oxygen atoms in total. The molecule has 5 heteroatoms. The summed E-state index contributed by atoms with van der Waals surface area (Å²) in [5, 5.41) is 3.01. The van der Waals surface area contributed by atoms with E-state index < -0.39 is 10.0 Å². The molecule has 2 fully saturated rings. The van der Waals surface area contributed by atoms with Crippen molar-refractivity contribution in [2.75, 3.05) is 19.6 Å². The van der Waals surface area contributed by atoms with Gasteiger partial charge in [-0.1, -0.05) is 12.8 Å². The summed E-state index contributed by atoms with van der Waals surface area (Å²) in [5.74, 6) is 0.792. The van der Waals surface area contributed by atoms with Crippen LogP contribution in [-0.4, -0.2) is 33.3 Å². The van der Waals surface area contributed by atoms with Crippen molar-refractivity contribution in [2.45, 2.75) is 37.4 Å². The van der Waals surface area contributed by atoms with Gasteiger partial charge in [0.15, 0.2) is 0 Å². The Morgan fingerprint density at radius 2 is 1.80 bits per heavy atom. The van der Waals surface area contributed by atoms with Gasteiger partial charge < -0.3 is 5.32 Å². The fourth-order valence-corrected chi connectivity index (χ4v) is 3.53. The Morgan fingerprint density at radius 3 is 2.40 bits per heavy atom. The molecule has 0 unspecified atom stereocenters. The van der Waals surface area contributed by atoms with Crippen LogP contribution in [0.25, 0.3) is 0 Å². The first-order valence-corrected chi connectivity index (χ1v) is 7.42. The number of piperidine rings is 1. The van der Waals surface area contributed by atoms with Gasteiger partial charge in [0.1, 0.15) is 0 Å². The number of hydrogen-bond donors (Lipinski definition) is 2. The van der Waals surface area contributed by atoms with Crippen LogP contribution < -0.4 is 10.0 Å². The lowest BCUT2D eigenvalue weighted by Gasteiger charge is -2.22. The smallest absolute Gasteiger partial charge is 0.214 e. The predicted molar refractivity (Wildman–Crippen MR) is 60.2 cm³/mol. The minimum absolute atomic E-state index is 0.169. The van der Waals surface area contributed by atoms with Gasteiger partial charge in [-0.05, 0) is 38.3 Å². The van der Waals surface area contributed by atoms with Gasteiger partial charge >= 0.3 is 0 Å². The lowest BCUT2D eigenvalue weighted by Crippen LogP contribution is -2.41. The summed E-state index contributed by atoms with van der Waals surface area (Å²) in [6.07, 6.45) is 5.09. The molecule has 1 aliphatic heterocycles. The summed E-state index contributed by atoms with van der Waals surface area (Å²) in [6, 6.07) is 0. The molecule has 0 aromatic heterocycles. The van der Waals surface area contributed by atoms with Crippen molar-refractivity contribution in [3.05, 3.63) is 0 Å². The summed E-state index contributed by atoms with van der Waals surface area (Å²) in [7, 11) is -3.04. The Kier molecular flexibility index (Phi) is 3.64. The van der Waals surface area contributed by atoms with E-state index in [1.54, 1.807) is 0 Å². The van der Waals surface area contributed by atoms with Crippen molar-refractivity contribution < 1.29 is 8.42 Å². The topological polar surface area (TPSA) is 58.2 Å². The summed E-state index contributed by atoms with van der Waals surface area (Å²) < 4.78 is 26.4. The van der Waals surface area contributed by atoms with Gasteiger partial charge in [-0.3, -0.25) is 0 Å². The maximum atomic E-state index is 11.8. The molecule has 15 heavy (non-hydrogen) atoms. The molecule has 0 aromatic rings. The molecule has 88 valence electrons. The molecule has 1 aliphatic carbocycles. The second-order valence-electron chi connectivity index (χ2n) is 4.62. The Balaban J connectivity index is 1.76. The third-order valence-electron chi connectivity index (χ3n) is 3.28. The molecule has 0 amide bonds. The fraction of sp³-hybridized carbons (Fsp3) is 1.00. The highest BCUT2D eigenvalue weighted by molar-refractivity contribution is 7.90. The first-order valence-electron chi connectivity index (χ1n) is 5.88. The van der Waals surface area contributed by atoms with Crippen LogP contribution in [0.2, 0.25) is 0 Å². The monoisotopic (exact) mass is 232 g/mol. The number of hydrogen-bond acceptors (Lipinski definition) is 3. The second-order valence-corrected chi connectivity index (χ2v) is 6.67. The van der Waals surface area contributed by atoms with Crippen LogP contribution in [0.4, 0.5) is 0 Å². The van der Waals surface area contributed by atoms with E-state index in [0.29, 0.717) is 6.54 Å². The van der Waals surface area contributed by atoms with Crippen LogP contribution in [0.15, 0.2) is 0 Å². The van der Waals surface area contributed by atoms with E-state index in [1.807, 2.05) is 0 Å². The standard InChI is InChI=1S/C10H20N2O2S/c13-15(14,10-4-6-11-7-5-10)12-8-3-9-1-2-9/h9-12H,1-8H2. The zero-order valence-electron chi connectivity index (χ0n) is 9.04. The van der Waals surface area contributed by atoms with Gasteiger partial charge in [0.2, 0.25) is 10.0 Å². The van der Waals surface area contributed by atoms with Gasteiger partial charge in [-0.2, -0.15) is 0 Å². The zero-order chi connectivity index (χ0) is 10.7. The van der Waals surface area contributed by atoms with Crippen molar-refractivity contribution in [2.24, 2.45) is 5.92 Å². The van der Waals surface area contributed by atoms with E-state index in [0.717, 1.165) is 38.3 Å². The van der Waals surface area contributed by atoms with Crippen molar-refractivity contribution in [1.82, 2.24) is 10.0 Å². The highest BCUT2D eigenvalue weighted by Crippen LogP contribution is 2.31. The molecule has 1 saturated carbocycles. The van der Waals surface area contributed by atoms with Crippen LogP contribution in [0, 0.1) is 5.92 Å². The van der Waals surface area contributed by atoms with Crippen LogP contribution >= 0.6 is 0 Å². The Hall–Kier alpha value is -0.130. The van der Waals surface area contributed by atoms with Gasteiger partial charge in [-0.15, -0.1) is 0 Å². The summed E-state index contributed by atoms with van der Waals surface area (Å²) in [6.45, 7) is 2.29. The number of nitrogens with one attached hydrogen (secondary N) is 2. The van der Waals surface area contributed by atoms with E-state index in [2.05, 4.69) is 10.0 Å². The molecule has 2 N–H and O–H groups in total. The first kappa shape index (κ1) is 11.4. The second kappa shape index (κ2) is 4.80. The van der Waals surface area contributed by atoms with Crippen molar-refractivity contribution in [3.8, 4) is 0 Å². The molecule has 0 spiro atoms. The number of rotatable bonds is 5. The summed E-state index contributed by atoms with van der Waals surface area (Å²) in [5.41, 5.74) is 0. The van der Waals surface area contributed by atoms with Crippen LogP contribution in [0.5, 0.6) is 0 Å². The Labute approximate surface area is 91.9 Å². The Bertz CT molecular complexity index is 293. The van der Waals surface area contributed by atoms with Gasteiger partial charge in [0, 0.05) is 6.54 Å². The third kappa shape index (κ3) is 3.43. The van der Waals surface area contributed by atoms with E-state index in [1.165, 1.54) is 12.8 Å². The minimum atomic E-state index is -3.04. The third-order valence-corrected chi connectivity index (χ3v) is 5.23. The van der Waals surface area contributed by atoms with Crippen molar-refractivity contribution >= 4 is 10.0 Å². The molecule has 1 saturated heterocycles. The molecular weight excluding hydrogens is 212 g/mol. The predicted octanol–water partition coefficient (Wildman–Crippen LogP) is 0.458. The largest absolute Gasteiger partial charge is 0.317 e. The maximum Gasteiger partial charge on any atom is 0.214 e. The highest BCUT2D eigenvalue weighted by atomic mass is 32.2. The normalized spacial score (nSPS) is 24.3. The summed E-state index contributed by atoms with van der Waals surface area (Å²) in [4.78, 5) is 0. The lowest BCUT2D eigenvalue weighted by molar-refractivity contribution is 0.488. The van der Waals surface area contributed by atoms with E-state index in [-0.39, 0.29) is 5.25 Å².